The summed E-state index contributed by atoms with van der Waals surface area (Å²) in [6.07, 6.45) is 7.42. The molecule has 1 aliphatic heterocycles. The van der Waals surface area contributed by atoms with E-state index in [9.17, 15) is 4.79 Å². The van der Waals surface area contributed by atoms with E-state index in [4.69, 9.17) is 9.57 Å². The third-order valence-corrected chi connectivity index (χ3v) is 4.79. The normalized spacial score (nSPS) is 32.6. The molecular weight excluding hydrogens is 256 g/mol. The highest BCUT2D eigenvalue weighted by molar-refractivity contribution is 5.97. The molecular formula is C15H17N2O3+. The topological polar surface area (TPSA) is 51.4 Å². The van der Waals surface area contributed by atoms with Gasteiger partial charge in [-0.05, 0) is 18.3 Å². The highest BCUT2D eigenvalue weighted by Gasteiger charge is 2.54. The van der Waals surface area contributed by atoms with E-state index in [1.807, 2.05) is 0 Å². The van der Waals surface area contributed by atoms with Gasteiger partial charge in [-0.3, -0.25) is 9.63 Å². The first-order chi connectivity index (χ1) is 9.72. The van der Waals surface area contributed by atoms with Crippen LogP contribution in [-0.2, 0) is 0 Å². The van der Waals surface area contributed by atoms with Crippen LogP contribution in [0.5, 0.6) is 5.75 Å². The van der Waals surface area contributed by atoms with E-state index >= 15 is 0 Å². The van der Waals surface area contributed by atoms with E-state index in [1.165, 1.54) is 0 Å². The number of nitrogens with one attached hydrogen (secondary N) is 1. The van der Waals surface area contributed by atoms with Crippen molar-refractivity contribution in [2.45, 2.75) is 18.4 Å². The number of aromatic nitrogens is 1. The zero-order valence-corrected chi connectivity index (χ0v) is 11.5. The Morgan fingerprint density at radius 2 is 2.10 bits per heavy atom. The molecule has 0 saturated heterocycles. The minimum Gasteiger partial charge on any atom is -0.491 e. The summed E-state index contributed by atoms with van der Waals surface area (Å²) in [5.74, 6) is 1.82. The second-order valence-electron chi connectivity index (χ2n) is 5.66. The summed E-state index contributed by atoms with van der Waals surface area (Å²) >= 11 is 0. The number of hydrogen-bond acceptors (Lipinski definition) is 3. The molecule has 2 heterocycles. The molecule has 5 nitrogen and oxygen atoms in total. The zero-order chi connectivity index (χ0) is 13.9. The first-order valence-electron chi connectivity index (χ1n) is 6.90. The van der Waals surface area contributed by atoms with Crippen molar-refractivity contribution in [3.05, 3.63) is 35.7 Å². The summed E-state index contributed by atoms with van der Waals surface area (Å²) in [4.78, 5) is 17.8. The van der Waals surface area contributed by atoms with Gasteiger partial charge in [0, 0.05) is 16.8 Å². The average molecular weight is 273 g/mol. The van der Waals surface area contributed by atoms with Crippen LogP contribution in [-0.4, -0.2) is 26.2 Å². The van der Waals surface area contributed by atoms with Crippen molar-refractivity contribution in [2.24, 2.45) is 11.8 Å². The van der Waals surface area contributed by atoms with Gasteiger partial charge in [0.05, 0.1) is 13.0 Å². The number of fused-ring (bicyclic) bond motifs is 7. The number of carbonyl (C=O) groups excluding carboxylic acids is 1. The van der Waals surface area contributed by atoms with Gasteiger partial charge in [-0.15, -0.1) is 0 Å². The highest BCUT2D eigenvalue weighted by atomic mass is 16.6. The second-order valence-corrected chi connectivity index (χ2v) is 5.66. The Kier molecular flexibility index (Phi) is 2.34. The van der Waals surface area contributed by atoms with E-state index in [0.717, 1.165) is 12.1 Å². The third kappa shape index (κ3) is 1.38. The van der Waals surface area contributed by atoms with Crippen LogP contribution >= 0.6 is 0 Å². The average Bonchev–Trinajstić information content (AvgIpc) is 3.07. The van der Waals surface area contributed by atoms with Crippen LogP contribution in [0.2, 0.25) is 0 Å². The molecule has 3 aliphatic rings. The van der Waals surface area contributed by atoms with Gasteiger partial charge in [-0.25, -0.2) is 0 Å². The maximum atomic E-state index is 12.4. The van der Waals surface area contributed by atoms with Crippen molar-refractivity contribution >= 4 is 5.91 Å². The van der Waals surface area contributed by atoms with E-state index < -0.39 is 0 Å². The Balaban J connectivity index is 1.92. The lowest BCUT2D eigenvalue weighted by Gasteiger charge is -2.31. The predicted molar refractivity (Wildman–Crippen MR) is 70.4 cm³/mol. The first kappa shape index (κ1) is 11.8. The summed E-state index contributed by atoms with van der Waals surface area (Å²) in [6.45, 7) is 0. The second kappa shape index (κ2) is 3.98. The Hall–Kier alpha value is -2.04. The van der Waals surface area contributed by atoms with Crippen molar-refractivity contribution < 1.29 is 19.1 Å². The summed E-state index contributed by atoms with van der Waals surface area (Å²) in [5, 5.41) is 3.15. The van der Waals surface area contributed by atoms with Crippen LogP contribution in [0.4, 0.5) is 0 Å². The molecule has 2 bridgehead atoms. The fourth-order valence-corrected chi connectivity index (χ4v) is 3.95. The third-order valence-electron chi connectivity index (χ3n) is 4.79. The number of pyridine rings is 1. The SMILES string of the molecule is COc1cc2c([n+](OC)c1)C1C3C=CC(C3)C1NC2=O. The number of methoxy groups -OCH3 is 1. The number of rotatable bonds is 2. The molecule has 0 spiro atoms. The van der Waals surface area contributed by atoms with Gasteiger partial charge < -0.3 is 10.1 Å². The molecule has 0 radical (unpaired) electrons. The highest BCUT2D eigenvalue weighted by Crippen LogP contribution is 2.50. The molecule has 1 N–H and O–H groups in total. The Bertz CT molecular complexity index is 626. The molecule has 20 heavy (non-hydrogen) atoms. The molecule has 2 aliphatic carbocycles. The van der Waals surface area contributed by atoms with Gasteiger partial charge >= 0.3 is 0 Å². The van der Waals surface area contributed by atoms with Gasteiger partial charge in [0.2, 0.25) is 0 Å². The van der Waals surface area contributed by atoms with Gasteiger partial charge in [0.25, 0.3) is 17.8 Å². The fraction of sp³-hybridized carbons (Fsp3) is 0.467. The smallest absolute Gasteiger partial charge is 0.264 e. The minimum absolute atomic E-state index is 0.0353. The molecule has 4 atom stereocenters. The maximum Gasteiger partial charge on any atom is 0.264 e. The lowest BCUT2D eigenvalue weighted by molar-refractivity contribution is -0.891. The van der Waals surface area contributed by atoms with E-state index in [2.05, 4.69) is 17.5 Å². The number of nitrogens with zero attached hydrogens (tertiary/aromatic N) is 1. The number of amides is 1. The molecule has 0 aromatic carbocycles. The monoisotopic (exact) mass is 273 g/mol. The molecule has 5 heteroatoms. The van der Waals surface area contributed by atoms with E-state index in [1.54, 1.807) is 31.2 Å². The van der Waals surface area contributed by atoms with Crippen molar-refractivity contribution in [1.82, 2.24) is 5.32 Å². The predicted octanol–water partition coefficient (Wildman–Crippen LogP) is 0.443. The van der Waals surface area contributed by atoms with E-state index in [0.29, 0.717) is 29.1 Å². The van der Waals surface area contributed by atoms with Crippen molar-refractivity contribution in [1.29, 1.82) is 0 Å². The molecule has 1 aromatic heterocycles. The molecule has 104 valence electrons. The van der Waals surface area contributed by atoms with Crippen molar-refractivity contribution in [3.8, 4) is 5.75 Å². The van der Waals surface area contributed by atoms with Crippen LogP contribution in [0, 0.1) is 11.8 Å². The Morgan fingerprint density at radius 1 is 1.30 bits per heavy atom. The summed E-state index contributed by atoms with van der Waals surface area (Å²) in [7, 11) is 3.20. The van der Waals surface area contributed by atoms with Crippen LogP contribution in [0.15, 0.2) is 24.4 Å². The zero-order valence-electron chi connectivity index (χ0n) is 11.5. The lowest BCUT2D eigenvalue weighted by atomic mass is 9.81. The van der Waals surface area contributed by atoms with Gasteiger partial charge in [-0.1, -0.05) is 12.2 Å². The van der Waals surface area contributed by atoms with Crippen molar-refractivity contribution in [3.63, 3.8) is 0 Å². The summed E-state index contributed by atoms with van der Waals surface area (Å²) < 4.78 is 6.94. The molecule has 1 fully saturated rings. The number of ether oxygens (including phenoxy) is 1. The molecule has 4 rings (SSSR count). The maximum absolute atomic E-state index is 12.4. The summed E-state index contributed by atoms with van der Waals surface area (Å²) in [6, 6.07) is 1.99. The first-order valence-corrected chi connectivity index (χ1v) is 6.90. The van der Waals surface area contributed by atoms with Gasteiger partial charge in [0.15, 0.2) is 5.75 Å². The van der Waals surface area contributed by atoms with Crippen LogP contribution < -0.4 is 19.6 Å². The molecule has 1 aromatic rings. The van der Waals surface area contributed by atoms with Crippen LogP contribution in [0.3, 0.4) is 0 Å². The van der Waals surface area contributed by atoms with Gasteiger partial charge in [-0.2, -0.15) is 0 Å². The summed E-state index contributed by atoms with van der Waals surface area (Å²) in [5.41, 5.74) is 1.63. The fourth-order valence-electron chi connectivity index (χ4n) is 3.95. The lowest BCUT2D eigenvalue weighted by Crippen LogP contribution is -2.55. The molecule has 1 amide bonds. The van der Waals surface area contributed by atoms with Crippen LogP contribution in [0.25, 0.3) is 0 Å². The number of allylic oxidation sites excluding steroid dienone is 1. The standard InChI is InChI=1S/C15H16N2O3/c1-19-10-6-11-14(17(7-10)20-2)12-8-3-4-9(5-8)13(12)16-15(11)18/h3-4,6-9,12-13H,5H2,1-2H3/p+1. The minimum atomic E-state index is -0.0353. The quantitative estimate of drug-likeness (QED) is 0.628. The molecule has 4 unspecified atom stereocenters. The Labute approximate surface area is 117 Å². The molecule has 1 saturated carbocycles. The number of carbonyl (C=O) groups is 1. The van der Waals surface area contributed by atoms with E-state index in [-0.39, 0.29) is 11.9 Å². The largest absolute Gasteiger partial charge is 0.491 e. The van der Waals surface area contributed by atoms with Crippen LogP contribution in [0.1, 0.15) is 28.4 Å². The van der Waals surface area contributed by atoms with Gasteiger partial charge in [0.1, 0.15) is 12.7 Å². The Morgan fingerprint density at radius 3 is 2.85 bits per heavy atom. The van der Waals surface area contributed by atoms with Crippen molar-refractivity contribution in [2.75, 3.05) is 14.2 Å². The number of hydrogen-bond donors (Lipinski definition) is 1.